The molecule has 0 spiro atoms. The Morgan fingerprint density at radius 3 is 2.48 bits per heavy atom. The maximum Gasteiger partial charge on any atom is 0.304 e. The molecule has 0 aliphatic carbocycles. The van der Waals surface area contributed by atoms with Gasteiger partial charge in [-0.25, -0.2) is 0 Å². The molecule has 0 saturated carbocycles. The monoisotopic (exact) mass is 295 g/mol. The highest BCUT2D eigenvalue weighted by Crippen LogP contribution is 2.28. The summed E-state index contributed by atoms with van der Waals surface area (Å²) in [5.41, 5.74) is 1.15. The van der Waals surface area contributed by atoms with Crippen LogP contribution in [0.25, 0.3) is 0 Å². The van der Waals surface area contributed by atoms with Crippen LogP contribution >= 0.6 is 0 Å². The van der Waals surface area contributed by atoms with Crippen LogP contribution in [0.5, 0.6) is 11.5 Å². The number of carboxylic acids is 1. The molecule has 0 heterocycles. The van der Waals surface area contributed by atoms with Crippen molar-refractivity contribution in [1.82, 2.24) is 4.90 Å². The maximum atomic E-state index is 10.7. The number of carbonyl (C=O) groups is 1. The quantitative estimate of drug-likeness (QED) is 0.758. The first-order valence-corrected chi connectivity index (χ1v) is 7.14. The van der Waals surface area contributed by atoms with E-state index in [1.54, 1.807) is 14.2 Å². The standard InChI is InChI=1S/C16H25NO4/c1-5-13(17(2)9-8-16(18)19)10-12-6-7-14(20-3)15(11-12)21-4/h6-7,11,13H,5,8-10H2,1-4H3,(H,18,19). The SMILES string of the molecule is CCC(Cc1ccc(OC)c(OC)c1)N(C)CCC(=O)O. The van der Waals surface area contributed by atoms with E-state index in [2.05, 4.69) is 11.8 Å². The van der Waals surface area contributed by atoms with Gasteiger partial charge in [-0.15, -0.1) is 0 Å². The zero-order valence-corrected chi connectivity index (χ0v) is 13.3. The van der Waals surface area contributed by atoms with Crippen LogP contribution in [0.4, 0.5) is 0 Å². The van der Waals surface area contributed by atoms with E-state index >= 15 is 0 Å². The van der Waals surface area contributed by atoms with Crippen molar-refractivity contribution < 1.29 is 19.4 Å². The van der Waals surface area contributed by atoms with Gasteiger partial charge in [0.15, 0.2) is 11.5 Å². The number of rotatable bonds is 9. The minimum atomic E-state index is -0.761. The molecule has 0 saturated heterocycles. The Morgan fingerprint density at radius 1 is 1.29 bits per heavy atom. The first kappa shape index (κ1) is 17.3. The molecular formula is C16H25NO4. The second-order valence-corrected chi connectivity index (χ2v) is 5.08. The van der Waals surface area contributed by atoms with Crippen LogP contribution in [-0.4, -0.2) is 49.8 Å². The van der Waals surface area contributed by atoms with Crippen molar-refractivity contribution in [3.63, 3.8) is 0 Å². The van der Waals surface area contributed by atoms with Crippen molar-refractivity contribution in [3.8, 4) is 11.5 Å². The molecule has 1 atom stereocenters. The summed E-state index contributed by atoms with van der Waals surface area (Å²) in [5.74, 6) is 0.675. The summed E-state index contributed by atoms with van der Waals surface area (Å²) in [4.78, 5) is 12.8. The molecule has 118 valence electrons. The zero-order chi connectivity index (χ0) is 15.8. The Balaban J connectivity index is 2.74. The lowest BCUT2D eigenvalue weighted by molar-refractivity contribution is -0.137. The number of aliphatic carboxylic acids is 1. The average molecular weight is 295 g/mol. The molecule has 0 aliphatic heterocycles. The molecule has 0 bridgehead atoms. The predicted molar refractivity (Wildman–Crippen MR) is 82.2 cm³/mol. The molecule has 0 aromatic heterocycles. The zero-order valence-electron chi connectivity index (χ0n) is 13.3. The first-order chi connectivity index (χ1) is 10.0. The average Bonchev–Trinajstić information content (AvgIpc) is 2.49. The minimum absolute atomic E-state index is 0.166. The molecule has 0 amide bonds. The molecule has 1 rings (SSSR count). The van der Waals surface area contributed by atoms with E-state index in [-0.39, 0.29) is 6.42 Å². The van der Waals surface area contributed by atoms with E-state index in [0.29, 0.717) is 18.3 Å². The normalized spacial score (nSPS) is 12.2. The van der Waals surface area contributed by atoms with Crippen LogP contribution in [0.2, 0.25) is 0 Å². The highest BCUT2D eigenvalue weighted by atomic mass is 16.5. The lowest BCUT2D eigenvalue weighted by atomic mass is 10.0. The van der Waals surface area contributed by atoms with Gasteiger partial charge in [-0.3, -0.25) is 4.79 Å². The fourth-order valence-corrected chi connectivity index (χ4v) is 2.35. The second-order valence-electron chi connectivity index (χ2n) is 5.08. The number of methoxy groups -OCH3 is 2. The van der Waals surface area contributed by atoms with E-state index in [9.17, 15) is 4.79 Å². The number of carboxylic acid groups (broad SMARTS) is 1. The maximum absolute atomic E-state index is 10.7. The van der Waals surface area contributed by atoms with E-state index in [1.807, 2.05) is 25.2 Å². The van der Waals surface area contributed by atoms with Gasteiger partial charge in [-0.1, -0.05) is 13.0 Å². The Morgan fingerprint density at radius 2 is 1.95 bits per heavy atom. The molecule has 0 fully saturated rings. The van der Waals surface area contributed by atoms with Crippen molar-refractivity contribution in [1.29, 1.82) is 0 Å². The van der Waals surface area contributed by atoms with Crippen LogP contribution in [0, 0.1) is 0 Å². The number of likely N-dealkylation sites (N-methyl/N-ethyl adjacent to an activating group) is 1. The summed E-state index contributed by atoms with van der Waals surface area (Å²) in [6.07, 6.45) is 1.98. The Labute approximate surface area is 126 Å². The Bertz CT molecular complexity index is 462. The van der Waals surface area contributed by atoms with Gasteiger partial charge in [0, 0.05) is 12.6 Å². The number of hydrogen-bond acceptors (Lipinski definition) is 4. The largest absolute Gasteiger partial charge is 0.493 e. The highest BCUT2D eigenvalue weighted by molar-refractivity contribution is 5.66. The third-order valence-electron chi connectivity index (χ3n) is 3.69. The molecular weight excluding hydrogens is 270 g/mol. The fraction of sp³-hybridized carbons (Fsp3) is 0.562. The predicted octanol–water partition coefficient (Wildman–Crippen LogP) is 2.43. The van der Waals surface area contributed by atoms with Gasteiger partial charge in [-0.05, 0) is 37.6 Å². The van der Waals surface area contributed by atoms with Crippen molar-refractivity contribution in [2.45, 2.75) is 32.2 Å². The lowest BCUT2D eigenvalue weighted by Gasteiger charge is -2.27. The Hall–Kier alpha value is -1.75. The van der Waals surface area contributed by atoms with Crippen molar-refractivity contribution in [3.05, 3.63) is 23.8 Å². The van der Waals surface area contributed by atoms with E-state index < -0.39 is 5.97 Å². The summed E-state index contributed by atoms with van der Waals surface area (Å²) in [6.45, 7) is 2.67. The van der Waals surface area contributed by atoms with Crippen molar-refractivity contribution in [2.24, 2.45) is 0 Å². The summed E-state index contributed by atoms with van der Waals surface area (Å²) >= 11 is 0. The second kappa shape index (κ2) is 8.52. The van der Waals surface area contributed by atoms with Crippen LogP contribution in [0.1, 0.15) is 25.3 Å². The van der Waals surface area contributed by atoms with Gasteiger partial charge in [0.25, 0.3) is 0 Å². The van der Waals surface area contributed by atoms with Crippen molar-refractivity contribution in [2.75, 3.05) is 27.8 Å². The van der Waals surface area contributed by atoms with E-state index in [4.69, 9.17) is 14.6 Å². The summed E-state index contributed by atoms with van der Waals surface area (Å²) in [5, 5.41) is 8.78. The summed E-state index contributed by atoms with van der Waals surface area (Å²) < 4.78 is 10.5. The smallest absolute Gasteiger partial charge is 0.304 e. The van der Waals surface area contributed by atoms with Gasteiger partial charge in [0.1, 0.15) is 0 Å². The lowest BCUT2D eigenvalue weighted by Crippen LogP contribution is -2.34. The summed E-state index contributed by atoms with van der Waals surface area (Å²) in [6, 6.07) is 6.21. The molecule has 21 heavy (non-hydrogen) atoms. The molecule has 1 aromatic carbocycles. The van der Waals surface area contributed by atoms with Crippen molar-refractivity contribution >= 4 is 5.97 Å². The van der Waals surface area contributed by atoms with E-state index in [0.717, 1.165) is 24.2 Å². The first-order valence-electron chi connectivity index (χ1n) is 7.14. The minimum Gasteiger partial charge on any atom is -0.493 e. The van der Waals surface area contributed by atoms with Gasteiger partial charge < -0.3 is 19.5 Å². The topological polar surface area (TPSA) is 59.0 Å². The molecule has 1 N–H and O–H groups in total. The fourth-order valence-electron chi connectivity index (χ4n) is 2.35. The molecule has 5 heteroatoms. The van der Waals surface area contributed by atoms with Crippen LogP contribution < -0.4 is 9.47 Å². The molecule has 1 aromatic rings. The number of benzene rings is 1. The van der Waals surface area contributed by atoms with Crippen LogP contribution in [-0.2, 0) is 11.2 Å². The van der Waals surface area contributed by atoms with Gasteiger partial charge in [0.05, 0.1) is 20.6 Å². The highest BCUT2D eigenvalue weighted by Gasteiger charge is 2.15. The van der Waals surface area contributed by atoms with Gasteiger partial charge >= 0.3 is 5.97 Å². The third-order valence-corrected chi connectivity index (χ3v) is 3.69. The third kappa shape index (κ3) is 5.27. The van der Waals surface area contributed by atoms with E-state index in [1.165, 1.54) is 0 Å². The summed E-state index contributed by atoms with van der Waals surface area (Å²) in [7, 11) is 5.21. The molecule has 0 radical (unpaired) electrons. The van der Waals surface area contributed by atoms with Gasteiger partial charge in [0.2, 0.25) is 0 Å². The van der Waals surface area contributed by atoms with Crippen LogP contribution in [0.15, 0.2) is 18.2 Å². The number of nitrogens with zero attached hydrogens (tertiary/aromatic N) is 1. The Kier molecular flexibility index (Phi) is 7.02. The number of ether oxygens (including phenoxy) is 2. The van der Waals surface area contributed by atoms with Gasteiger partial charge in [-0.2, -0.15) is 0 Å². The molecule has 5 nitrogen and oxygen atoms in total. The molecule has 1 unspecified atom stereocenters. The number of hydrogen-bond donors (Lipinski definition) is 1. The molecule has 0 aliphatic rings. The van der Waals surface area contributed by atoms with Crippen LogP contribution in [0.3, 0.4) is 0 Å².